The molecule has 4 N–H and O–H groups in total. The molecule has 0 radical (unpaired) electrons. The maximum absolute atomic E-state index is 13.6. The average molecular weight is 233 g/mol. The summed E-state index contributed by atoms with van der Waals surface area (Å²) in [6, 6.07) is 6.54. The maximum atomic E-state index is 13.6. The first-order valence-electron chi connectivity index (χ1n) is 5.02. The van der Waals surface area contributed by atoms with Crippen LogP contribution < -0.4 is 16.6 Å². The van der Waals surface area contributed by atoms with E-state index in [1.165, 1.54) is 12.3 Å². The van der Waals surface area contributed by atoms with Gasteiger partial charge < -0.3 is 5.32 Å². The van der Waals surface area contributed by atoms with Crippen molar-refractivity contribution in [1.82, 2.24) is 9.97 Å². The fourth-order valence-corrected chi connectivity index (χ4v) is 1.36. The van der Waals surface area contributed by atoms with Crippen LogP contribution in [0.5, 0.6) is 0 Å². The third-order valence-electron chi connectivity index (χ3n) is 2.17. The molecule has 0 spiro atoms. The van der Waals surface area contributed by atoms with Crippen LogP contribution in [0.4, 0.5) is 21.8 Å². The van der Waals surface area contributed by atoms with E-state index in [0.717, 1.165) is 5.56 Å². The molecule has 0 aliphatic carbocycles. The van der Waals surface area contributed by atoms with Crippen molar-refractivity contribution in [2.45, 2.75) is 6.92 Å². The summed E-state index contributed by atoms with van der Waals surface area (Å²) in [5.74, 6) is 5.59. The van der Waals surface area contributed by atoms with E-state index >= 15 is 0 Å². The first-order chi connectivity index (χ1) is 8.19. The maximum Gasteiger partial charge on any atom is 0.239 e. The number of nitrogen functional groups attached to an aromatic ring is 1. The first kappa shape index (κ1) is 11.3. The van der Waals surface area contributed by atoms with E-state index in [1.807, 2.05) is 13.0 Å². The lowest BCUT2D eigenvalue weighted by Crippen LogP contribution is -2.11. The Hall–Kier alpha value is -2.21. The van der Waals surface area contributed by atoms with Crippen LogP contribution in [0.1, 0.15) is 5.56 Å². The zero-order chi connectivity index (χ0) is 12.3. The molecule has 2 aromatic rings. The second kappa shape index (κ2) is 4.75. The Kier molecular flexibility index (Phi) is 3.15. The number of hydrogen-bond donors (Lipinski definition) is 3. The number of hydrazine groups is 1. The number of benzene rings is 1. The fourth-order valence-electron chi connectivity index (χ4n) is 1.36. The molecule has 0 saturated heterocycles. The third kappa shape index (κ3) is 2.67. The highest BCUT2D eigenvalue weighted by Gasteiger charge is 2.04. The van der Waals surface area contributed by atoms with Gasteiger partial charge in [-0.05, 0) is 30.7 Å². The number of aryl methyl sites for hydroxylation is 1. The monoisotopic (exact) mass is 233 g/mol. The Balaban J connectivity index is 2.25. The van der Waals surface area contributed by atoms with E-state index < -0.39 is 0 Å². The highest BCUT2D eigenvalue weighted by molar-refractivity contribution is 5.57. The highest BCUT2D eigenvalue weighted by Crippen LogP contribution is 2.19. The van der Waals surface area contributed by atoms with E-state index in [4.69, 9.17) is 5.84 Å². The molecule has 5 nitrogen and oxygen atoms in total. The highest BCUT2D eigenvalue weighted by atomic mass is 19.1. The van der Waals surface area contributed by atoms with Crippen LogP contribution in [0.3, 0.4) is 0 Å². The minimum Gasteiger partial charge on any atom is -0.338 e. The third-order valence-corrected chi connectivity index (χ3v) is 2.17. The second-order valence-corrected chi connectivity index (χ2v) is 3.52. The van der Waals surface area contributed by atoms with Crippen molar-refractivity contribution >= 4 is 17.5 Å². The van der Waals surface area contributed by atoms with Gasteiger partial charge in [0, 0.05) is 6.20 Å². The lowest BCUT2D eigenvalue weighted by Gasteiger charge is -2.08. The van der Waals surface area contributed by atoms with Gasteiger partial charge >= 0.3 is 0 Å². The van der Waals surface area contributed by atoms with Crippen molar-refractivity contribution in [2.24, 2.45) is 5.84 Å². The molecule has 1 aromatic carbocycles. The predicted molar refractivity (Wildman–Crippen MR) is 64.3 cm³/mol. The summed E-state index contributed by atoms with van der Waals surface area (Å²) in [6.45, 7) is 1.83. The van der Waals surface area contributed by atoms with Crippen LogP contribution in [0.15, 0.2) is 30.5 Å². The van der Waals surface area contributed by atoms with Crippen LogP contribution >= 0.6 is 0 Å². The summed E-state index contributed by atoms with van der Waals surface area (Å²) in [5, 5.41) is 2.85. The van der Waals surface area contributed by atoms with E-state index in [2.05, 4.69) is 20.7 Å². The average Bonchev–Trinajstić information content (AvgIpc) is 2.33. The fraction of sp³-hybridized carbons (Fsp3) is 0.0909. The van der Waals surface area contributed by atoms with Gasteiger partial charge in [-0.1, -0.05) is 6.07 Å². The van der Waals surface area contributed by atoms with Crippen LogP contribution in [-0.2, 0) is 0 Å². The summed E-state index contributed by atoms with van der Waals surface area (Å²) in [5.41, 5.74) is 3.54. The molecule has 0 unspecified atom stereocenters. The molecule has 0 aliphatic heterocycles. The first-order valence-corrected chi connectivity index (χ1v) is 5.02. The van der Waals surface area contributed by atoms with Crippen molar-refractivity contribution in [1.29, 1.82) is 0 Å². The Morgan fingerprint density at radius 3 is 2.82 bits per heavy atom. The lowest BCUT2D eigenvalue weighted by atomic mass is 10.2. The number of nitrogens with two attached hydrogens (primary N) is 1. The van der Waals surface area contributed by atoms with Crippen LogP contribution in [0.2, 0.25) is 0 Å². The molecule has 0 bridgehead atoms. The standard InChI is InChI=1S/C11H12FN5/c1-7-2-3-9(8(12)6-7)15-10-4-5-14-11(16-10)17-13/h2-6H,13H2,1H3,(H2,14,15,16,17). The van der Waals surface area contributed by atoms with Gasteiger partial charge in [0.2, 0.25) is 5.95 Å². The Bertz CT molecular complexity index is 529. The van der Waals surface area contributed by atoms with Gasteiger partial charge in [-0.3, -0.25) is 5.43 Å². The van der Waals surface area contributed by atoms with Gasteiger partial charge in [0.15, 0.2) is 0 Å². The molecule has 2 rings (SSSR count). The molecule has 0 aliphatic rings. The minimum atomic E-state index is -0.328. The van der Waals surface area contributed by atoms with Gasteiger partial charge in [-0.2, -0.15) is 4.98 Å². The van der Waals surface area contributed by atoms with Crippen LogP contribution in [0, 0.1) is 12.7 Å². The Morgan fingerprint density at radius 1 is 1.29 bits per heavy atom. The number of rotatable bonds is 3. The van der Waals surface area contributed by atoms with Gasteiger partial charge in [0.1, 0.15) is 11.6 Å². The number of anilines is 3. The number of hydrogen-bond acceptors (Lipinski definition) is 5. The topological polar surface area (TPSA) is 75.9 Å². The number of halogens is 1. The number of nitrogens with zero attached hydrogens (tertiary/aromatic N) is 2. The van der Waals surface area contributed by atoms with Crippen LogP contribution in [0.25, 0.3) is 0 Å². The molecular weight excluding hydrogens is 221 g/mol. The summed E-state index contributed by atoms with van der Waals surface area (Å²) in [6.07, 6.45) is 1.52. The molecular formula is C11H12FN5. The zero-order valence-corrected chi connectivity index (χ0v) is 9.24. The summed E-state index contributed by atoms with van der Waals surface area (Å²) in [7, 11) is 0. The molecule has 17 heavy (non-hydrogen) atoms. The molecule has 6 heteroatoms. The summed E-state index contributed by atoms with van der Waals surface area (Å²) < 4.78 is 13.6. The van der Waals surface area contributed by atoms with Crippen molar-refractivity contribution in [2.75, 3.05) is 10.7 Å². The molecule has 88 valence electrons. The summed E-state index contributed by atoms with van der Waals surface area (Å²) in [4.78, 5) is 7.88. The van der Waals surface area contributed by atoms with E-state index in [9.17, 15) is 4.39 Å². The number of aromatic nitrogens is 2. The molecule has 0 atom stereocenters. The van der Waals surface area contributed by atoms with Crippen LogP contribution in [-0.4, -0.2) is 9.97 Å². The molecule has 0 saturated carbocycles. The van der Waals surface area contributed by atoms with E-state index in [0.29, 0.717) is 11.5 Å². The smallest absolute Gasteiger partial charge is 0.239 e. The Labute approximate surface area is 97.9 Å². The van der Waals surface area contributed by atoms with Crippen molar-refractivity contribution in [3.8, 4) is 0 Å². The number of nitrogens with one attached hydrogen (secondary N) is 2. The molecule has 1 aromatic heterocycles. The predicted octanol–water partition coefficient (Wildman–Crippen LogP) is 1.95. The van der Waals surface area contributed by atoms with Crippen molar-refractivity contribution < 1.29 is 4.39 Å². The zero-order valence-electron chi connectivity index (χ0n) is 9.24. The minimum absolute atomic E-state index is 0.266. The normalized spacial score (nSPS) is 10.1. The second-order valence-electron chi connectivity index (χ2n) is 3.52. The molecule has 0 fully saturated rings. The van der Waals surface area contributed by atoms with Crippen molar-refractivity contribution in [3.05, 3.63) is 41.8 Å². The molecule has 1 heterocycles. The van der Waals surface area contributed by atoms with Gasteiger partial charge in [-0.25, -0.2) is 15.2 Å². The van der Waals surface area contributed by atoms with Gasteiger partial charge in [0.05, 0.1) is 5.69 Å². The van der Waals surface area contributed by atoms with E-state index in [1.54, 1.807) is 12.1 Å². The molecule has 0 amide bonds. The van der Waals surface area contributed by atoms with E-state index in [-0.39, 0.29) is 11.8 Å². The largest absolute Gasteiger partial charge is 0.338 e. The van der Waals surface area contributed by atoms with Gasteiger partial charge in [-0.15, -0.1) is 0 Å². The SMILES string of the molecule is Cc1ccc(Nc2ccnc(NN)n2)c(F)c1. The lowest BCUT2D eigenvalue weighted by molar-refractivity contribution is 0.630. The van der Waals surface area contributed by atoms with Gasteiger partial charge in [0.25, 0.3) is 0 Å². The van der Waals surface area contributed by atoms with Crippen molar-refractivity contribution in [3.63, 3.8) is 0 Å². The Morgan fingerprint density at radius 2 is 2.12 bits per heavy atom. The summed E-state index contributed by atoms with van der Waals surface area (Å²) >= 11 is 0. The quantitative estimate of drug-likeness (QED) is 0.558.